The number of halogens is 1. The molecule has 2 N–H and O–H groups in total. The molecule has 0 amide bonds. The van der Waals surface area contributed by atoms with E-state index in [4.69, 9.17) is 21.6 Å². The van der Waals surface area contributed by atoms with Gasteiger partial charge in [0.25, 0.3) is 0 Å². The third kappa shape index (κ3) is 6.24. The maximum Gasteiger partial charge on any atom is 0.354 e. The van der Waals surface area contributed by atoms with Crippen molar-refractivity contribution in [3.8, 4) is 17.7 Å². The Hall–Kier alpha value is -4.95. The molecular weight excluding hydrogens is 512 g/mol. The minimum atomic E-state index is -1.14. The summed E-state index contributed by atoms with van der Waals surface area (Å²) in [6, 6.07) is 18.6. The van der Waals surface area contributed by atoms with E-state index < -0.39 is 23.3 Å². The van der Waals surface area contributed by atoms with Gasteiger partial charge in [0.2, 0.25) is 11.8 Å². The lowest BCUT2D eigenvalue weighted by atomic mass is 10.2. The standard InChI is InChI=1S/C26H21ClN6O5/c1-16(23(34)35)14-33-25(36)31-24(32(26(33)37)15-17-2-5-19(27)6-3-17)30-20-7-9-21(10-8-20)38-22-11-4-18(12-28)13-29-22/h2-11,13,16H,14-15H2,1H3,(H,34,35)(H,30,31,36)/t16-/m0/s1. The fraction of sp³-hybridized carbons (Fsp3) is 0.154. The number of aliphatic carboxylic acids is 1. The van der Waals surface area contributed by atoms with Gasteiger partial charge in [-0.1, -0.05) is 30.7 Å². The molecule has 0 radical (unpaired) electrons. The molecule has 4 rings (SSSR count). The largest absolute Gasteiger partial charge is 0.481 e. The fourth-order valence-corrected chi connectivity index (χ4v) is 3.54. The van der Waals surface area contributed by atoms with Crippen molar-refractivity contribution in [2.75, 3.05) is 5.32 Å². The van der Waals surface area contributed by atoms with Gasteiger partial charge in [-0.15, -0.1) is 0 Å². The lowest BCUT2D eigenvalue weighted by molar-refractivity contribution is -0.141. The normalized spacial score (nSPS) is 11.4. The molecule has 0 saturated heterocycles. The van der Waals surface area contributed by atoms with Crippen LogP contribution in [-0.4, -0.2) is 30.2 Å². The van der Waals surface area contributed by atoms with Crippen LogP contribution in [0.25, 0.3) is 0 Å². The van der Waals surface area contributed by atoms with Crippen molar-refractivity contribution in [2.45, 2.75) is 20.0 Å². The van der Waals surface area contributed by atoms with Crippen LogP contribution in [0.15, 0.2) is 76.4 Å². The topological polar surface area (TPSA) is 152 Å². The quantitative estimate of drug-likeness (QED) is 0.329. The van der Waals surface area contributed by atoms with Crippen LogP contribution in [0.5, 0.6) is 11.6 Å². The zero-order chi connectivity index (χ0) is 27.2. The van der Waals surface area contributed by atoms with E-state index in [0.717, 1.165) is 10.1 Å². The molecule has 11 nitrogen and oxygen atoms in total. The SMILES string of the molecule is C[C@@H](Cn1c(=O)nc(Nc2ccc(Oc3ccc(C#N)cn3)cc2)n(Cc2ccc(Cl)cc2)c1=O)C(=O)O. The fourth-order valence-electron chi connectivity index (χ4n) is 3.41. The molecule has 2 aromatic carbocycles. The Balaban J connectivity index is 1.63. The van der Waals surface area contributed by atoms with Gasteiger partial charge in [0.1, 0.15) is 11.8 Å². The van der Waals surface area contributed by atoms with E-state index >= 15 is 0 Å². The second kappa shape index (κ2) is 11.4. The molecule has 0 aliphatic carbocycles. The zero-order valence-corrected chi connectivity index (χ0v) is 20.8. The molecule has 0 spiro atoms. The molecule has 0 unspecified atom stereocenters. The molecule has 2 heterocycles. The third-order valence-corrected chi connectivity index (χ3v) is 5.73. The molecule has 192 valence electrons. The van der Waals surface area contributed by atoms with Crippen LogP contribution in [0.3, 0.4) is 0 Å². The monoisotopic (exact) mass is 532 g/mol. The van der Waals surface area contributed by atoms with E-state index in [1.54, 1.807) is 60.7 Å². The van der Waals surface area contributed by atoms with Crippen molar-refractivity contribution in [3.63, 3.8) is 0 Å². The summed E-state index contributed by atoms with van der Waals surface area (Å²) in [4.78, 5) is 45.4. The second-order valence-electron chi connectivity index (χ2n) is 8.31. The molecular formula is C26H21ClN6O5. The Kier molecular flexibility index (Phi) is 7.84. The van der Waals surface area contributed by atoms with E-state index in [-0.39, 0.29) is 19.0 Å². The smallest absolute Gasteiger partial charge is 0.354 e. The van der Waals surface area contributed by atoms with Crippen LogP contribution >= 0.6 is 11.6 Å². The summed E-state index contributed by atoms with van der Waals surface area (Å²) < 4.78 is 7.74. The molecule has 0 aliphatic heterocycles. The highest BCUT2D eigenvalue weighted by atomic mass is 35.5. The van der Waals surface area contributed by atoms with E-state index in [1.807, 2.05) is 6.07 Å². The highest BCUT2D eigenvalue weighted by molar-refractivity contribution is 6.30. The number of carboxylic acid groups (broad SMARTS) is 1. The average molecular weight is 533 g/mol. The molecule has 0 aliphatic rings. The number of nitriles is 1. The summed E-state index contributed by atoms with van der Waals surface area (Å²) in [6.45, 7) is 1.13. The lowest BCUT2D eigenvalue weighted by Gasteiger charge is -2.17. The van der Waals surface area contributed by atoms with Crippen molar-refractivity contribution in [1.29, 1.82) is 5.26 Å². The van der Waals surface area contributed by atoms with Crippen molar-refractivity contribution < 1.29 is 14.6 Å². The number of pyridine rings is 1. The Morgan fingerprint density at radius 2 is 1.82 bits per heavy atom. The minimum Gasteiger partial charge on any atom is -0.481 e. The van der Waals surface area contributed by atoms with Crippen LogP contribution in [0, 0.1) is 17.2 Å². The van der Waals surface area contributed by atoms with Gasteiger partial charge in [-0.3, -0.25) is 9.36 Å². The number of nitrogens with zero attached hydrogens (tertiary/aromatic N) is 5. The predicted octanol–water partition coefficient (Wildman–Crippen LogP) is 3.63. The molecule has 1 atom stereocenters. The van der Waals surface area contributed by atoms with Gasteiger partial charge < -0.3 is 15.2 Å². The number of aromatic nitrogens is 4. The van der Waals surface area contributed by atoms with Gasteiger partial charge in [-0.05, 0) is 48.0 Å². The number of nitrogens with one attached hydrogen (secondary N) is 1. The lowest BCUT2D eigenvalue weighted by Crippen LogP contribution is -2.44. The van der Waals surface area contributed by atoms with Gasteiger partial charge in [0.05, 0.1) is 18.0 Å². The Morgan fingerprint density at radius 1 is 1.11 bits per heavy atom. The molecule has 0 fully saturated rings. The van der Waals surface area contributed by atoms with Crippen molar-refractivity contribution in [2.24, 2.45) is 5.92 Å². The highest BCUT2D eigenvalue weighted by Crippen LogP contribution is 2.23. The molecule has 2 aromatic heterocycles. The zero-order valence-electron chi connectivity index (χ0n) is 20.0. The Morgan fingerprint density at radius 3 is 2.42 bits per heavy atom. The number of carbonyl (C=O) groups is 1. The molecule has 12 heteroatoms. The van der Waals surface area contributed by atoms with Crippen LogP contribution in [0.4, 0.5) is 11.6 Å². The van der Waals surface area contributed by atoms with Gasteiger partial charge in [0, 0.05) is 29.5 Å². The average Bonchev–Trinajstić information content (AvgIpc) is 2.91. The van der Waals surface area contributed by atoms with E-state index in [2.05, 4.69) is 15.3 Å². The molecule has 38 heavy (non-hydrogen) atoms. The summed E-state index contributed by atoms with van der Waals surface area (Å²) in [5.41, 5.74) is 0.0648. The maximum atomic E-state index is 13.3. The van der Waals surface area contributed by atoms with E-state index in [0.29, 0.717) is 27.9 Å². The number of hydrogen-bond acceptors (Lipinski definition) is 8. The van der Waals surface area contributed by atoms with Crippen LogP contribution in [-0.2, 0) is 17.9 Å². The number of hydrogen-bond donors (Lipinski definition) is 2. The van der Waals surface area contributed by atoms with Crippen LogP contribution < -0.4 is 21.4 Å². The molecule has 0 saturated carbocycles. The summed E-state index contributed by atoms with van der Waals surface area (Å²) in [5, 5.41) is 21.6. The predicted molar refractivity (Wildman–Crippen MR) is 139 cm³/mol. The first-order chi connectivity index (χ1) is 18.2. The van der Waals surface area contributed by atoms with E-state index in [1.165, 1.54) is 17.7 Å². The summed E-state index contributed by atoms with van der Waals surface area (Å²) in [7, 11) is 0. The highest BCUT2D eigenvalue weighted by Gasteiger charge is 2.19. The number of ether oxygens (including phenoxy) is 1. The summed E-state index contributed by atoms with van der Waals surface area (Å²) in [6.07, 6.45) is 1.40. The number of benzene rings is 2. The van der Waals surface area contributed by atoms with E-state index in [9.17, 15) is 19.5 Å². The molecule has 0 bridgehead atoms. The van der Waals surface area contributed by atoms with Crippen molar-refractivity contribution >= 4 is 29.2 Å². The first kappa shape index (κ1) is 26.1. The third-order valence-electron chi connectivity index (χ3n) is 5.48. The number of anilines is 2. The van der Waals surface area contributed by atoms with Crippen LogP contribution in [0.1, 0.15) is 18.1 Å². The summed E-state index contributed by atoms with van der Waals surface area (Å²) in [5.74, 6) is -1.35. The minimum absolute atomic E-state index is 0.0170. The van der Waals surface area contributed by atoms with Gasteiger partial charge in [-0.25, -0.2) is 19.1 Å². The Bertz CT molecular complexity index is 1610. The first-order valence-corrected chi connectivity index (χ1v) is 11.7. The van der Waals surface area contributed by atoms with Gasteiger partial charge >= 0.3 is 17.3 Å². The first-order valence-electron chi connectivity index (χ1n) is 11.3. The van der Waals surface area contributed by atoms with Crippen molar-refractivity contribution in [3.05, 3.63) is 104 Å². The maximum absolute atomic E-state index is 13.3. The molecule has 4 aromatic rings. The summed E-state index contributed by atoms with van der Waals surface area (Å²) >= 11 is 5.97. The number of rotatable bonds is 9. The van der Waals surface area contributed by atoms with Crippen LogP contribution in [0.2, 0.25) is 5.02 Å². The van der Waals surface area contributed by atoms with Crippen molar-refractivity contribution in [1.82, 2.24) is 19.1 Å². The Labute approximate surface area is 221 Å². The van der Waals surface area contributed by atoms with Gasteiger partial charge in [0.15, 0.2) is 0 Å². The second-order valence-corrected chi connectivity index (χ2v) is 8.75. The van der Waals surface area contributed by atoms with Gasteiger partial charge in [-0.2, -0.15) is 10.2 Å². The number of carboxylic acids is 1.